The predicted molar refractivity (Wildman–Crippen MR) is 82.4 cm³/mol. The van der Waals surface area contributed by atoms with E-state index < -0.39 is 0 Å². The summed E-state index contributed by atoms with van der Waals surface area (Å²) in [7, 11) is 1.69. The Morgan fingerprint density at radius 3 is 2.45 bits per heavy atom. The van der Waals surface area contributed by atoms with E-state index in [9.17, 15) is 5.11 Å². The SMILES string of the molecule is CONC1Cc2c(C)c(O)c(C)c(C)c2SC12CCC2. The van der Waals surface area contributed by atoms with Crippen molar-refractivity contribution in [1.29, 1.82) is 0 Å². The van der Waals surface area contributed by atoms with Crippen molar-refractivity contribution in [1.82, 2.24) is 5.48 Å². The number of thioether (sulfide) groups is 1. The summed E-state index contributed by atoms with van der Waals surface area (Å²) in [5.74, 6) is 0.461. The maximum Gasteiger partial charge on any atom is 0.122 e. The van der Waals surface area contributed by atoms with Gasteiger partial charge in [0.05, 0.1) is 13.2 Å². The van der Waals surface area contributed by atoms with E-state index in [1.807, 2.05) is 25.6 Å². The zero-order valence-electron chi connectivity index (χ0n) is 12.7. The van der Waals surface area contributed by atoms with E-state index in [1.54, 1.807) is 7.11 Å². The van der Waals surface area contributed by atoms with Gasteiger partial charge in [-0.15, -0.1) is 11.8 Å². The van der Waals surface area contributed by atoms with E-state index in [0.717, 1.165) is 17.5 Å². The molecule has 1 fully saturated rings. The van der Waals surface area contributed by atoms with Crippen LogP contribution in [-0.2, 0) is 11.3 Å². The molecular formula is C16H23NO2S. The lowest BCUT2D eigenvalue weighted by atomic mass is 9.75. The number of fused-ring (bicyclic) bond motifs is 1. The molecule has 1 heterocycles. The molecule has 0 radical (unpaired) electrons. The van der Waals surface area contributed by atoms with Crippen molar-refractivity contribution >= 4 is 11.8 Å². The summed E-state index contributed by atoms with van der Waals surface area (Å²) in [5.41, 5.74) is 7.80. The fourth-order valence-electron chi connectivity index (χ4n) is 3.48. The molecule has 1 aliphatic heterocycles. The third kappa shape index (κ3) is 1.89. The van der Waals surface area contributed by atoms with Gasteiger partial charge in [0.2, 0.25) is 0 Å². The van der Waals surface area contributed by atoms with E-state index in [0.29, 0.717) is 11.8 Å². The van der Waals surface area contributed by atoms with Gasteiger partial charge in [-0.05, 0) is 62.3 Å². The van der Waals surface area contributed by atoms with E-state index >= 15 is 0 Å². The van der Waals surface area contributed by atoms with Gasteiger partial charge in [-0.1, -0.05) is 6.42 Å². The molecule has 4 heteroatoms. The van der Waals surface area contributed by atoms with Crippen molar-refractivity contribution in [3.05, 3.63) is 22.3 Å². The Balaban J connectivity index is 2.09. The highest BCUT2D eigenvalue weighted by atomic mass is 32.2. The molecule has 0 amide bonds. The van der Waals surface area contributed by atoms with Crippen LogP contribution >= 0.6 is 11.8 Å². The maximum absolute atomic E-state index is 10.3. The minimum atomic E-state index is 0.281. The van der Waals surface area contributed by atoms with Gasteiger partial charge in [0.15, 0.2) is 0 Å². The second kappa shape index (κ2) is 4.93. The molecule has 0 aromatic heterocycles. The average molecular weight is 293 g/mol. The van der Waals surface area contributed by atoms with Crippen LogP contribution in [0.3, 0.4) is 0 Å². The molecule has 3 nitrogen and oxygen atoms in total. The number of aromatic hydroxyl groups is 1. The normalized spacial score (nSPS) is 23.5. The molecule has 1 atom stereocenters. The molecule has 2 aliphatic rings. The monoisotopic (exact) mass is 293 g/mol. The molecule has 110 valence electrons. The minimum absolute atomic E-state index is 0.281. The number of rotatable bonds is 2. The summed E-state index contributed by atoms with van der Waals surface area (Å²) >= 11 is 2.00. The number of hydrogen-bond donors (Lipinski definition) is 2. The lowest BCUT2D eigenvalue weighted by Gasteiger charge is -2.50. The van der Waals surface area contributed by atoms with Gasteiger partial charge in [0.25, 0.3) is 0 Å². The van der Waals surface area contributed by atoms with Crippen molar-refractivity contribution in [3.63, 3.8) is 0 Å². The fraction of sp³-hybridized carbons (Fsp3) is 0.625. The van der Waals surface area contributed by atoms with Crippen molar-refractivity contribution in [2.75, 3.05) is 7.11 Å². The van der Waals surface area contributed by atoms with Crippen LogP contribution in [-0.4, -0.2) is 23.0 Å². The fourth-order valence-corrected chi connectivity index (χ4v) is 5.32. The molecular weight excluding hydrogens is 270 g/mol. The van der Waals surface area contributed by atoms with E-state index in [-0.39, 0.29) is 4.75 Å². The predicted octanol–water partition coefficient (Wildman–Crippen LogP) is 3.41. The topological polar surface area (TPSA) is 41.5 Å². The molecule has 1 saturated carbocycles. The third-order valence-corrected chi connectivity index (χ3v) is 7.00. The zero-order chi connectivity index (χ0) is 14.5. The summed E-state index contributed by atoms with van der Waals surface area (Å²) in [6.07, 6.45) is 4.74. The van der Waals surface area contributed by atoms with Gasteiger partial charge in [0, 0.05) is 9.64 Å². The lowest BCUT2D eigenvalue weighted by Crippen LogP contribution is -2.55. The van der Waals surface area contributed by atoms with Crippen LogP contribution in [0.4, 0.5) is 0 Å². The van der Waals surface area contributed by atoms with E-state index in [2.05, 4.69) is 12.4 Å². The minimum Gasteiger partial charge on any atom is -0.507 e. The van der Waals surface area contributed by atoms with Gasteiger partial charge in [-0.2, -0.15) is 5.48 Å². The lowest BCUT2D eigenvalue weighted by molar-refractivity contribution is 0.0339. The Bertz CT molecular complexity index is 552. The summed E-state index contributed by atoms with van der Waals surface area (Å²) in [6, 6.07) is 0.332. The van der Waals surface area contributed by atoms with Gasteiger partial charge in [-0.3, -0.25) is 0 Å². The standard InChI is InChI=1S/C16H23NO2S/c1-9-10(2)15-12(11(3)14(9)18)8-13(17-19-4)16(20-15)6-5-7-16/h13,17-18H,5-8H2,1-4H3. The van der Waals surface area contributed by atoms with Gasteiger partial charge in [-0.25, -0.2) is 0 Å². The zero-order valence-corrected chi connectivity index (χ0v) is 13.5. The van der Waals surface area contributed by atoms with Crippen LogP contribution in [0.1, 0.15) is 41.5 Å². The summed E-state index contributed by atoms with van der Waals surface area (Å²) in [4.78, 5) is 6.62. The molecule has 1 spiro atoms. The second-order valence-electron chi connectivity index (χ2n) is 6.13. The summed E-state index contributed by atoms with van der Waals surface area (Å²) in [6.45, 7) is 6.19. The first kappa shape index (κ1) is 14.2. The Labute approximate surface area is 125 Å². The van der Waals surface area contributed by atoms with Crippen LogP contribution in [0.5, 0.6) is 5.75 Å². The van der Waals surface area contributed by atoms with Gasteiger partial charge < -0.3 is 9.94 Å². The van der Waals surface area contributed by atoms with E-state index in [4.69, 9.17) is 4.84 Å². The number of hydrogen-bond acceptors (Lipinski definition) is 4. The number of nitrogens with one attached hydrogen (secondary N) is 1. The molecule has 1 aromatic rings. The van der Waals surface area contributed by atoms with Gasteiger partial charge >= 0.3 is 0 Å². The number of benzene rings is 1. The Morgan fingerprint density at radius 1 is 1.20 bits per heavy atom. The van der Waals surface area contributed by atoms with Crippen molar-refractivity contribution < 1.29 is 9.94 Å². The molecule has 2 N–H and O–H groups in total. The Hall–Kier alpha value is -0.710. The highest BCUT2D eigenvalue weighted by Gasteiger charge is 2.49. The quantitative estimate of drug-likeness (QED) is 0.820. The largest absolute Gasteiger partial charge is 0.507 e. The smallest absolute Gasteiger partial charge is 0.122 e. The first-order chi connectivity index (χ1) is 9.50. The molecule has 1 aromatic carbocycles. The van der Waals surface area contributed by atoms with Crippen LogP contribution < -0.4 is 5.48 Å². The summed E-state index contributed by atoms with van der Waals surface area (Å²) < 4.78 is 0.281. The Kier molecular flexibility index (Phi) is 3.51. The maximum atomic E-state index is 10.3. The number of phenolic OH excluding ortho intramolecular Hbond substituents is 1. The van der Waals surface area contributed by atoms with Crippen molar-refractivity contribution in [3.8, 4) is 5.75 Å². The van der Waals surface area contributed by atoms with Crippen LogP contribution in [0.25, 0.3) is 0 Å². The van der Waals surface area contributed by atoms with Crippen LogP contribution in [0.15, 0.2) is 4.90 Å². The number of phenols is 1. The molecule has 1 aliphatic carbocycles. The third-order valence-electron chi connectivity index (χ3n) is 5.15. The average Bonchev–Trinajstić information content (AvgIpc) is 2.41. The molecule has 0 bridgehead atoms. The van der Waals surface area contributed by atoms with Crippen LogP contribution in [0.2, 0.25) is 0 Å². The van der Waals surface area contributed by atoms with Crippen molar-refractivity contribution in [2.24, 2.45) is 0 Å². The summed E-state index contributed by atoms with van der Waals surface area (Å²) in [5, 5.41) is 10.3. The second-order valence-corrected chi connectivity index (χ2v) is 7.56. The van der Waals surface area contributed by atoms with Crippen LogP contribution in [0, 0.1) is 20.8 Å². The molecule has 3 rings (SSSR count). The highest BCUT2D eigenvalue weighted by Crippen LogP contribution is 2.56. The number of hydroxylamine groups is 1. The molecule has 1 unspecified atom stereocenters. The first-order valence-corrected chi connectivity index (χ1v) is 8.11. The molecule has 0 saturated heterocycles. The molecule has 20 heavy (non-hydrogen) atoms. The van der Waals surface area contributed by atoms with Gasteiger partial charge in [0.1, 0.15) is 5.75 Å². The van der Waals surface area contributed by atoms with E-state index in [1.165, 1.54) is 35.3 Å². The highest BCUT2D eigenvalue weighted by molar-refractivity contribution is 8.01. The van der Waals surface area contributed by atoms with Crippen molar-refractivity contribution in [2.45, 2.75) is 62.1 Å². The Morgan fingerprint density at radius 2 is 1.90 bits per heavy atom. The first-order valence-electron chi connectivity index (χ1n) is 7.29.